The Kier molecular flexibility index (Phi) is 7.91. The predicted octanol–water partition coefficient (Wildman–Crippen LogP) is 2.62. The minimum absolute atomic E-state index is 0.322. The van der Waals surface area contributed by atoms with Crippen molar-refractivity contribution >= 4 is 18.0 Å². The van der Waals surface area contributed by atoms with Crippen LogP contribution in [0.3, 0.4) is 0 Å². The largest absolute Gasteiger partial charge is 0.497 e. The third kappa shape index (κ3) is 6.86. The molecule has 0 heterocycles. The average Bonchev–Trinajstić information content (AvgIpc) is 2.71. The Balaban J connectivity index is 1.69. The fourth-order valence-corrected chi connectivity index (χ4v) is 2.34. The van der Waals surface area contributed by atoms with Gasteiger partial charge in [0.15, 0.2) is 6.61 Å². The van der Waals surface area contributed by atoms with Crippen LogP contribution in [0.2, 0.25) is 0 Å². The number of methoxy groups -OCH3 is 2. The minimum atomic E-state index is -0.591. The van der Waals surface area contributed by atoms with E-state index < -0.39 is 5.97 Å². The maximum absolute atomic E-state index is 11.8. The summed E-state index contributed by atoms with van der Waals surface area (Å²) in [6.07, 6.45) is 3.53. The Morgan fingerprint density at radius 1 is 1.00 bits per heavy atom. The van der Waals surface area contributed by atoms with Crippen molar-refractivity contribution in [3.63, 3.8) is 0 Å². The first kappa shape index (κ1) is 20.0. The molecule has 6 heteroatoms. The molecule has 0 atom stereocenters. The van der Waals surface area contributed by atoms with Gasteiger partial charge in [-0.1, -0.05) is 30.3 Å². The van der Waals surface area contributed by atoms with Crippen LogP contribution in [0, 0.1) is 0 Å². The summed E-state index contributed by atoms with van der Waals surface area (Å²) in [5.41, 5.74) is 1.83. The zero-order chi connectivity index (χ0) is 19.5. The second kappa shape index (κ2) is 10.7. The zero-order valence-electron chi connectivity index (χ0n) is 15.4. The van der Waals surface area contributed by atoms with Gasteiger partial charge in [-0.15, -0.1) is 0 Å². The van der Waals surface area contributed by atoms with Crippen molar-refractivity contribution in [3.8, 4) is 11.5 Å². The lowest BCUT2D eigenvalue weighted by molar-refractivity contribution is -0.143. The highest BCUT2D eigenvalue weighted by atomic mass is 16.5. The maximum Gasteiger partial charge on any atom is 0.331 e. The third-order valence-corrected chi connectivity index (χ3v) is 3.78. The number of esters is 1. The number of hydrogen-bond acceptors (Lipinski definition) is 5. The van der Waals surface area contributed by atoms with Gasteiger partial charge in [0.25, 0.3) is 5.91 Å². The van der Waals surface area contributed by atoms with Crippen LogP contribution in [-0.4, -0.2) is 39.2 Å². The Labute approximate surface area is 158 Å². The molecule has 6 nitrogen and oxygen atoms in total. The molecule has 2 aromatic carbocycles. The van der Waals surface area contributed by atoms with Crippen molar-refractivity contribution in [1.82, 2.24) is 5.32 Å². The van der Waals surface area contributed by atoms with E-state index in [0.717, 1.165) is 16.9 Å². The summed E-state index contributed by atoms with van der Waals surface area (Å²) in [6, 6.07) is 14.9. The van der Waals surface area contributed by atoms with Gasteiger partial charge in [-0.05, 0) is 36.3 Å². The lowest BCUT2D eigenvalue weighted by atomic mass is 10.1. The fourth-order valence-electron chi connectivity index (χ4n) is 2.34. The topological polar surface area (TPSA) is 73.9 Å². The second-order valence-electron chi connectivity index (χ2n) is 5.63. The van der Waals surface area contributed by atoms with E-state index in [4.69, 9.17) is 14.2 Å². The van der Waals surface area contributed by atoms with E-state index >= 15 is 0 Å². The molecule has 0 fully saturated rings. The molecule has 0 aromatic heterocycles. The molecule has 0 aliphatic heterocycles. The molecule has 2 rings (SSSR count). The smallest absolute Gasteiger partial charge is 0.331 e. The number of benzene rings is 2. The average molecular weight is 369 g/mol. The number of hydrogen-bond donors (Lipinski definition) is 1. The lowest BCUT2D eigenvalue weighted by Gasteiger charge is -2.06. The Morgan fingerprint density at radius 2 is 1.74 bits per heavy atom. The van der Waals surface area contributed by atoms with Gasteiger partial charge in [-0.25, -0.2) is 4.79 Å². The summed E-state index contributed by atoms with van der Waals surface area (Å²) in [5.74, 6) is 0.502. The number of carbonyl (C=O) groups excluding carboxylic acids is 2. The van der Waals surface area contributed by atoms with Crippen LogP contribution in [0.4, 0.5) is 0 Å². The molecule has 0 spiro atoms. The molecule has 1 N–H and O–H groups in total. The molecule has 1 amide bonds. The van der Waals surface area contributed by atoms with Crippen LogP contribution in [0.1, 0.15) is 11.1 Å². The highest BCUT2D eigenvalue weighted by Gasteiger charge is 2.05. The number of carbonyl (C=O) groups is 2. The fraction of sp³-hybridized carbons (Fsp3) is 0.238. The van der Waals surface area contributed by atoms with E-state index in [2.05, 4.69) is 5.32 Å². The third-order valence-electron chi connectivity index (χ3n) is 3.78. The Morgan fingerprint density at radius 3 is 2.44 bits per heavy atom. The molecule has 0 unspecified atom stereocenters. The highest BCUT2D eigenvalue weighted by Crippen LogP contribution is 2.18. The first-order valence-electron chi connectivity index (χ1n) is 8.50. The van der Waals surface area contributed by atoms with E-state index in [9.17, 15) is 9.59 Å². The van der Waals surface area contributed by atoms with Crippen molar-refractivity contribution in [3.05, 3.63) is 65.7 Å². The normalized spacial score (nSPS) is 10.4. The van der Waals surface area contributed by atoms with E-state index in [1.54, 1.807) is 26.4 Å². The van der Waals surface area contributed by atoms with Crippen molar-refractivity contribution < 1.29 is 23.8 Å². The minimum Gasteiger partial charge on any atom is -0.497 e. The van der Waals surface area contributed by atoms with Gasteiger partial charge in [0.2, 0.25) is 0 Å². The van der Waals surface area contributed by atoms with Crippen molar-refractivity contribution in [2.45, 2.75) is 6.42 Å². The van der Waals surface area contributed by atoms with Crippen LogP contribution in [0.25, 0.3) is 6.08 Å². The number of rotatable bonds is 9. The molecule has 27 heavy (non-hydrogen) atoms. The van der Waals surface area contributed by atoms with Crippen LogP contribution in [0.15, 0.2) is 54.6 Å². The van der Waals surface area contributed by atoms with Crippen LogP contribution in [-0.2, 0) is 20.7 Å². The van der Waals surface area contributed by atoms with Crippen LogP contribution in [0.5, 0.6) is 11.5 Å². The molecule has 0 aliphatic rings. The number of amides is 1. The van der Waals surface area contributed by atoms with Crippen molar-refractivity contribution in [1.29, 1.82) is 0 Å². The zero-order valence-corrected chi connectivity index (χ0v) is 15.4. The molecular weight excluding hydrogens is 346 g/mol. The highest BCUT2D eigenvalue weighted by molar-refractivity contribution is 5.89. The van der Waals surface area contributed by atoms with Gasteiger partial charge in [0.05, 0.1) is 14.2 Å². The van der Waals surface area contributed by atoms with Gasteiger partial charge in [0, 0.05) is 18.2 Å². The summed E-state index contributed by atoms with van der Waals surface area (Å²) in [4.78, 5) is 23.5. The van der Waals surface area contributed by atoms with Crippen LogP contribution < -0.4 is 14.8 Å². The summed E-state index contributed by atoms with van der Waals surface area (Å²) >= 11 is 0. The molecule has 0 aliphatic carbocycles. The lowest BCUT2D eigenvalue weighted by Crippen LogP contribution is -2.30. The quantitative estimate of drug-likeness (QED) is 0.543. The van der Waals surface area contributed by atoms with E-state index in [0.29, 0.717) is 18.7 Å². The first-order chi connectivity index (χ1) is 13.1. The van der Waals surface area contributed by atoms with Gasteiger partial charge in [0.1, 0.15) is 11.5 Å². The Bertz CT molecular complexity index is 783. The molecular formula is C21H23NO5. The van der Waals surface area contributed by atoms with Gasteiger partial charge < -0.3 is 19.5 Å². The predicted molar refractivity (Wildman–Crippen MR) is 103 cm³/mol. The molecule has 0 saturated carbocycles. The summed E-state index contributed by atoms with van der Waals surface area (Å²) < 4.78 is 15.2. The SMILES string of the molecule is COc1ccc(CCNC(=O)COC(=O)/C=C/c2ccccc2OC)cc1. The number of ether oxygens (including phenoxy) is 3. The summed E-state index contributed by atoms with van der Waals surface area (Å²) in [6.45, 7) is 0.136. The van der Waals surface area contributed by atoms with Gasteiger partial charge in [-0.2, -0.15) is 0 Å². The summed E-state index contributed by atoms with van der Waals surface area (Å²) in [5, 5.41) is 2.72. The molecule has 2 aromatic rings. The van der Waals surface area contributed by atoms with E-state index in [-0.39, 0.29) is 12.5 Å². The first-order valence-corrected chi connectivity index (χ1v) is 8.50. The van der Waals surface area contributed by atoms with Crippen LogP contribution >= 0.6 is 0 Å². The van der Waals surface area contributed by atoms with Crippen molar-refractivity contribution in [2.75, 3.05) is 27.4 Å². The number of para-hydroxylation sites is 1. The summed E-state index contributed by atoms with van der Waals surface area (Å²) in [7, 11) is 3.17. The molecule has 0 bridgehead atoms. The molecule has 0 radical (unpaired) electrons. The van der Waals surface area contributed by atoms with Crippen molar-refractivity contribution in [2.24, 2.45) is 0 Å². The van der Waals surface area contributed by atoms with Gasteiger partial charge >= 0.3 is 5.97 Å². The van der Waals surface area contributed by atoms with Gasteiger partial charge in [-0.3, -0.25) is 4.79 Å². The molecule has 142 valence electrons. The second-order valence-corrected chi connectivity index (χ2v) is 5.63. The maximum atomic E-state index is 11.8. The van der Waals surface area contributed by atoms with E-state index in [1.165, 1.54) is 6.08 Å². The monoisotopic (exact) mass is 369 g/mol. The Hall–Kier alpha value is -3.28. The van der Waals surface area contributed by atoms with E-state index in [1.807, 2.05) is 42.5 Å². The standard InChI is InChI=1S/C21H23NO5/c1-25-18-10-7-16(8-11-18)13-14-22-20(23)15-27-21(24)12-9-17-5-3-4-6-19(17)26-2/h3-12H,13-15H2,1-2H3,(H,22,23)/b12-9+. The number of nitrogens with one attached hydrogen (secondary N) is 1. The molecule has 0 saturated heterocycles.